The van der Waals surface area contributed by atoms with Gasteiger partial charge in [-0.1, -0.05) is 37.3 Å². The fraction of sp³-hybridized carbons (Fsp3) is 0.474. The van der Waals surface area contributed by atoms with E-state index in [0.29, 0.717) is 6.42 Å². The first-order valence-electron chi connectivity index (χ1n) is 8.47. The van der Waals surface area contributed by atoms with Gasteiger partial charge in [-0.3, -0.25) is 9.48 Å². The molecule has 0 amide bonds. The molecular formula is C19H22N2O2. The monoisotopic (exact) mass is 310 g/mol. The van der Waals surface area contributed by atoms with E-state index >= 15 is 0 Å². The first kappa shape index (κ1) is 14.5. The van der Waals surface area contributed by atoms with Crippen LogP contribution in [0.5, 0.6) is 0 Å². The van der Waals surface area contributed by atoms with Gasteiger partial charge >= 0.3 is 5.97 Å². The summed E-state index contributed by atoms with van der Waals surface area (Å²) in [6.07, 6.45) is 7.17. The number of aliphatic carboxylic acids is 1. The maximum absolute atomic E-state index is 12.0. The first-order chi connectivity index (χ1) is 11.2. The Morgan fingerprint density at radius 1 is 1.26 bits per heavy atom. The number of carboxylic acid groups (broad SMARTS) is 1. The molecule has 1 N–H and O–H groups in total. The number of carboxylic acids is 1. The van der Waals surface area contributed by atoms with Crippen LogP contribution in [-0.2, 0) is 11.3 Å². The quantitative estimate of drug-likeness (QED) is 0.886. The molecule has 2 saturated carbocycles. The van der Waals surface area contributed by atoms with Crippen molar-refractivity contribution < 1.29 is 9.90 Å². The second-order valence-electron chi connectivity index (χ2n) is 7.00. The van der Waals surface area contributed by atoms with E-state index in [1.165, 1.54) is 12.8 Å². The molecule has 2 aliphatic rings. The molecular weight excluding hydrogens is 288 g/mol. The zero-order chi connectivity index (χ0) is 16.0. The summed E-state index contributed by atoms with van der Waals surface area (Å²) < 4.78 is 2.00. The highest BCUT2D eigenvalue weighted by Gasteiger charge is 2.69. The van der Waals surface area contributed by atoms with Crippen LogP contribution >= 0.6 is 0 Å². The molecule has 4 heteroatoms. The minimum atomic E-state index is -0.686. The topological polar surface area (TPSA) is 55.1 Å². The number of aromatic nitrogens is 2. The van der Waals surface area contributed by atoms with E-state index < -0.39 is 11.4 Å². The average Bonchev–Trinajstić information content (AvgIpc) is 3.44. The molecule has 4 nitrogen and oxygen atoms in total. The van der Waals surface area contributed by atoms with Gasteiger partial charge in [0.25, 0.3) is 0 Å². The number of rotatable bonds is 6. The lowest BCUT2D eigenvalue weighted by Crippen LogP contribution is -2.17. The van der Waals surface area contributed by atoms with Crippen LogP contribution in [0.15, 0.2) is 42.7 Å². The number of carbonyl (C=O) groups is 1. The van der Waals surface area contributed by atoms with Gasteiger partial charge in [0.15, 0.2) is 0 Å². The second-order valence-corrected chi connectivity index (χ2v) is 7.00. The van der Waals surface area contributed by atoms with E-state index in [0.717, 1.165) is 23.6 Å². The maximum Gasteiger partial charge on any atom is 0.310 e. The third kappa shape index (κ3) is 2.28. The molecule has 1 aromatic heterocycles. The third-order valence-corrected chi connectivity index (χ3v) is 5.63. The standard InChI is InChI=1S/C19H22N2O2/c1-2-19(18(22)23)16(14-6-4-3-5-7-14)17(19)15-10-20-21(12-15)11-13-8-9-13/h3-7,10,12-13,16-17H,2,8-9,11H2,1H3,(H,22,23). The molecule has 1 heterocycles. The molecule has 3 unspecified atom stereocenters. The Morgan fingerprint density at radius 3 is 2.57 bits per heavy atom. The zero-order valence-electron chi connectivity index (χ0n) is 13.4. The summed E-state index contributed by atoms with van der Waals surface area (Å²) in [5.41, 5.74) is 1.51. The summed E-state index contributed by atoms with van der Waals surface area (Å²) >= 11 is 0. The minimum Gasteiger partial charge on any atom is -0.481 e. The van der Waals surface area contributed by atoms with Crippen LogP contribution < -0.4 is 0 Å². The summed E-state index contributed by atoms with van der Waals surface area (Å²) in [6, 6.07) is 10.1. The van der Waals surface area contributed by atoms with Crippen LogP contribution in [0.3, 0.4) is 0 Å². The summed E-state index contributed by atoms with van der Waals surface area (Å²) in [5, 5.41) is 14.4. The Bertz CT molecular complexity index is 720. The molecule has 0 radical (unpaired) electrons. The van der Waals surface area contributed by atoms with Crippen molar-refractivity contribution >= 4 is 5.97 Å². The Balaban J connectivity index is 1.67. The SMILES string of the molecule is CCC1(C(=O)O)C(c2ccccc2)C1c1cnn(CC2CC2)c1. The lowest BCUT2D eigenvalue weighted by molar-refractivity contribution is -0.143. The number of benzene rings is 1. The highest BCUT2D eigenvalue weighted by Crippen LogP contribution is 2.72. The van der Waals surface area contributed by atoms with E-state index in [1.54, 1.807) is 0 Å². The molecule has 0 saturated heterocycles. The van der Waals surface area contributed by atoms with Crippen molar-refractivity contribution in [3.05, 3.63) is 53.9 Å². The van der Waals surface area contributed by atoms with Crippen molar-refractivity contribution in [3.63, 3.8) is 0 Å². The minimum absolute atomic E-state index is 0.0281. The molecule has 2 aliphatic carbocycles. The van der Waals surface area contributed by atoms with Crippen LogP contribution in [0, 0.1) is 11.3 Å². The predicted molar refractivity (Wildman–Crippen MR) is 87.2 cm³/mol. The van der Waals surface area contributed by atoms with E-state index in [9.17, 15) is 9.90 Å². The van der Waals surface area contributed by atoms with Gasteiger partial charge in [0.2, 0.25) is 0 Å². The Hall–Kier alpha value is -2.10. The maximum atomic E-state index is 12.0. The van der Waals surface area contributed by atoms with Gasteiger partial charge in [-0.2, -0.15) is 5.10 Å². The Morgan fingerprint density at radius 2 is 1.96 bits per heavy atom. The lowest BCUT2D eigenvalue weighted by atomic mass is 9.95. The van der Waals surface area contributed by atoms with Crippen molar-refractivity contribution in [1.82, 2.24) is 9.78 Å². The fourth-order valence-electron chi connectivity index (χ4n) is 4.14. The Labute approximate surface area is 136 Å². The van der Waals surface area contributed by atoms with Crippen LogP contribution in [0.25, 0.3) is 0 Å². The largest absolute Gasteiger partial charge is 0.481 e. The zero-order valence-corrected chi connectivity index (χ0v) is 13.4. The van der Waals surface area contributed by atoms with Gasteiger partial charge in [-0.25, -0.2) is 0 Å². The molecule has 23 heavy (non-hydrogen) atoms. The average molecular weight is 310 g/mol. The van der Waals surface area contributed by atoms with Gasteiger partial charge in [0, 0.05) is 24.6 Å². The van der Waals surface area contributed by atoms with Crippen LogP contribution in [0.1, 0.15) is 49.1 Å². The number of nitrogens with zero attached hydrogens (tertiary/aromatic N) is 2. The van der Waals surface area contributed by atoms with Gasteiger partial charge in [-0.15, -0.1) is 0 Å². The van der Waals surface area contributed by atoms with Crippen molar-refractivity contribution in [1.29, 1.82) is 0 Å². The molecule has 1 aromatic carbocycles. The molecule has 2 fully saturated rings. The van der Waals surface area contributed by atoms with E-state index in [1.807, 2.05) is 48.1 Å². The van der Waals surface area contributed by atoms with Crippen molar-refractivity contribution in [2.75, 3.05) is 0 Å². The summed E-state index contributed by atoms with van der Waals surface area (Å²) in [4.78, 5) is 12.0. The van der Waals surface area contributed by atoms with Gasteiger partial charge in [0.05, 0.1) is 11.6 Å². The summed E-state index contributed by atoms with van der Waals surface area (Å²) in [6.45, 7) is 2.95. The number of hydrogen-bond donors (Lipinski definition) is 1. The van der Waals surface area contributed by atoms with Crippen LogP contribution in [0.4, 0.5) is 0 Å². The Kier molecular flexibility index (Phi) is 3.29. The third-order valence-electron chi connectivity index (χ3n) is 5.63. The highest BCUT2D eigenvalue weighted by atomic mass is 16.4. The van der Waals surface area contributed by atoms with Gasteiger partial charge in [0.1, 0.15) is 0 Å². The molecule has 4 rings (SSSR count). The van der Waals surface area contributed by atoms with Crippen molar-refractivity contribution in [2.45, 2.75) is 44.6 Å². The second kappa shape index (κ2) is 5.22. The molecule has 0 aliphatic heterocycles. The number of hydrogen-bond acceptors (Lipinski definition) is 2. The smallest absolute Gasteiger partial charge is 0.310 e. The molecule has 0 spiro atoms. The van der Waals surface area contributed by atoms with Gasteiger partial charge in [-0.05, 0) is 36.3 Å². The molecule has 0 bridgehead atoms. The van der Waals surface area contributed by atoms with Crippen LogP contribution in [-0.4, -0.2) is 20.9 Å². The normalized spacial score (nSPS) is 29.4. The first-order valence-corrected chi connectivity index (χ1v) is 8.47. The van der Waals surface area contributed by atoms with Crippen LogP contribution in [0.2, 0.25) is 0 Å². The summed E-state index contributed by atoms with van der Waals surface area (Å²) in [5.74, 6) is 0.154. The summed E-state index contributed by atoms with van der Waals surface area (Å²) in [7, 11) is 0. The predicted octanol–water partition coefficient (Wildman–Crippen LogP) is 3.66. The van der Waals surface area contributed by atoms with E-state index in [-0.39, 0.29) is 11.8 Å². The highest BCUT2D eigenvalue weighted by molar-refractivity contribution is 5.83. The van der Waals surface area contributed by atoms with Crippen molar-refractivity contribution in [2.24, 2.45) is 11.3 Å². The van der Waals surface area contributed by atoms with Gasteiger partial charge < -0.3 is 5.11 Å². The molecule has 3 atom stereocenters. The van der Waals surface area contributed by atoms with Crippen molar-refractivity contribution in [3.8, 4) is 0 Å². The van der Waals surface area contributed by atoms with E-state index in [2.05, 4.69) is 11.3 Å². The van der Waals surface area contributed by atoms with E-state index in [4.69, 9.17) is 0 Å². The molecule has 2 aromatic rings. The molecule has 120 valence electrons. The fourth-order valence-corrected chi connectivity index (χ4v) is 4.14. The lowest BCUT2D eigenvalue weighted by Gasteiger charge is -2.09.